The molecule has 0 spiro atoms. The van der Waals surface area contributed by atoms with Gasteiger partial charge in [-0.1, -0.05) is 30.3 Å². The standard InChI is InChI=1S/C12H14N4O/c1-9-7-11(15-14-9)12(17)16-13-8-10-5-3-2-4-6-10/h2-7,13H,8H2,1H3,(H,14,15)(H,16,17). The summed E-state index contributed by atoms with van der Waals surface area (Å²) in [5, 5.41) is 6.58. The number of carbonyl (C=O) groups excluding carboxylic acids is 1. The molecule has 0 bridgehead atoms. The molecule has 2 rings (SSSR count). The topological polar surface area (TPSA) is 69.8 Å². The average molecular weight is 230 g/mol. The smallest absolute Gasteiger partial charge is 0.285 e. The predicted molar refractivity (Wildman–Crippen MR) is 64.1 cm³/mol. The number of benzene rings is 1. The lowest BCUT2D eigenvalue weighted by atomic mass is 10.2. The van der Waals surface area contributed by atoms with E-state index >= 15 is 0 Å². The molecule has 2 aromatic rings. The molecule has 1 amide bonds. The van der Waals surface area contributed by atoms with Gasteiger partial charge in [-0.3, -0.25) is 15.3 Å². The van der Waals surface area contributed by atoms with E-state index in [4.69, 9.17) is 0 Å². The van der Waals surface area contributed by atoms with Crippen LogP contribution in [-0.2, 0) is 6.54 Å². The van der Waals surface area contributed by atoms with Crippen LogP contribution >= 0.6 is 0 Å². The van der Waals surface area contributed by atoms with E-state index in [9.17, 15) is 4.79 Å². The number of nitrogens with zero attached hydrogens (tertiary/aromatic N) is 1. The van der Waals surface area contributed by atoms with Gasteiger partial charge in [0.05, 0.1) is 0 Å². The Bertz CT molecular complexity index is 492. The summed E-state index contributed by atoms with van der Waals surface area (Å²) >= 11 is 0. The van der Waals surface area contributed by atoms with Crippen LogP contribution in [0.5, 0.6) is 0 Å². The minimum Gasteiger partial charge on any atom is -0.286 e. The van der Waals surface area contributed by atoms with Crippen LogP contribution in [0.1, 0.15) is 21.7 Å². The van der Waals surface area contributed by atoms with E-state index in [0.29, 0.717) is 12.2 Å². The second kappa shape index (κ2) is 5.27. The first-order valence-corrected chi connectivity index (χ1v) is 5.35. The second-order valence-electron chi connectivity index (χ2n) is 3.73. The molecule has 0 unspecified atom stereocenters. The molecule has 0 atom stereocenters. The quantitative estimate of drug-likeness (QED) is 0.690. The number of hydrogen-bond donors (Lipinski definition) is 3. The van der Waals surface area contributed by atoms with Crippen molar-refractivity contribution in [1.29, 1.82) is 0 Å². The van der Waals surface area contributed by atoms with Crippen LogP contribution in [0.3, 0.4) is 0 Å². The Morgan fingerprint density at radius 1 is 1.35 bits per heavy atom. The maximum absolute atomic E-state index is 11.6. The fraction of sp³-hybridized carbons (Fsp3) is 0.167. The lowest BCUT2D eigenvalue weighted by Gasteiger charge is -2.05. The first kappa shape index (κ1) is 11.3. The lowest BCUT2D eigenvalue weighted by molar-refractivity contribution is 0.0927. The number of aromatic nitrogens is 2. The third-order valence-electron chi connectivity index (χ3n) is 2.28. The van der Waals surface area contributed by atoms with Crippen molar-refractivity contribution in [3.63, 3.8) is 0 Å². The van der Waals surface area contributed by atoms with Crippen LogP contribution in [0, 0.1) is 6.92 Å². The first-order chi connectivity index (χ1) is 8.25. The molecule has 0 radical (unpaired) electrons. The van der Waals surface area contributed by atoms with Gasteiger partial charge < -0.3 is 0 Å². The summed E-state index contributed by atoms with van der Waals surface area (Å²) in [5.41, 5.74) is 7.79. The Kier molecular flexibility index (Phi) is 3.52. The summed E-state index contributed by atoms with van der Waals surface area (Å²) in [6.45, 7) is 2.43. The van der Waals surface area contributed by atoms with Crippen molar-refractivity contribution < 1.29 is 4.79 Å². The van der Waals surface area contributed by atoms with Crippen LogP contribution in [0.25, 0.3) is 0 Å². The number of H-pyrrole nitrogens is 1. The van der Waals surface area contributed by atoms with Gasteiger partial charge in [-0.2, -0.15) is 5.10 Å². The van der Waals surface area contributed by atoms with Crippen LogP contribution < -0.4 is 10.9 Å². The highest BCUT2D eigenvalue weighted by atomic mass is 16.2. The number of hydrogen-bond acceptors (Lipinski definition) is 3. The molecule has 1 heterocycles. The summed E-state index contributed by atoms with van der Waals surface area (Å²) in [5.74, 6) is -0.245. The number of carbonyl (C=O) groups is 1. The normalized spacial score (nSPS) is 10.2. The predicted octanol–water partition coefficient (Wildman–Crippen LogP) is 1.15. The molecule has 17 heavy (non-hydrogen) atoms. The minimum absolute atomic E-state index is 0.245. The van der Waals surface area contributed by atoms with Gasteiger partial charge in [0.2, 0.25) is 0 Å². The molecule has 0 saturated carbocycles. The molecule has 88 valence electrons. The maximum Gasteiger partial charge on any atom is 0.285 e. The van der Waals surface area contributed by atoms with Crippen molar-refractivity contribution >= 4 is 5.91 Å². The molecule has 3 N–H and O–H groups in total. The molecule has 1 aromatic carbocycles. The molecule has 0 fully saturated rings. The van der Waals surface area contributed by atoms with Gasteiger partial charge in [0.1, 0.15) is 0 Å². The van der Waals surface area contributed by atoms with Crippen molar-refractivity contribution in [3.05, 3.63) is 53.3 Å². The summed E-state index contributed by atoms with van der Waals surface area (Å²) in [6, 6.07) is 11.5. The molecular formula is C12H14N4O. The Balaban J connectivity index is 1.81. The fourth-order valence-electron chi connectivity index (χ4n) is 1.42. The van der Waals surface area contributed by atoms with Crippen LogP contribution in [-0.4, -0.2) is 16.1 Å². The van der Waals surface area contributed by atoms with Gasteiger partial charge in [0.15, 0.2) is 5.69 Å². The third-order valence-corrected chi connectivity index (χ3v) is 2.28. The molecule has 0 aliphatic rings. The number of nitrogens with one attached hydrogen (secondary N) is 3. The van der Waals surface area contributed by atoms with Gasteiger partial charge in [-0.05, 0) is 18.6 Å². The minimum atomic E-state index is -0.245. The van der Waals surface area contributed by atoms with E-state index < -0.39 is 0 Å². The van der Waals surface area contributed by atoms with Crippen LogP contribution in [0.4, 0.5) is 0 Å². The zero-order valence-corrected chi connectivity index (χ0v) is 9.53. The maximum atomic E-state index is 11.6. The number of rotatable bonds is 4. The van der Waals surface area contributed by atoms with Gasteiger partial charge in [0.25, 0.3) is 5.91 Å². The summed E-state index contributed by atoms with van der Waals surface area (Å²) in [4.78, 5) is 11.6. The fourth-order valence-corrected chi connectivity index (χ4v) is 1.42. The van der Waals surface area contributed by atoms with E-state index in [1.54, 1.807) is 6.07 Å². The number of aryl methyl sites for hydroxylation is 1. The van der Waals surface area contributed by atoms with E-state index in [0.717, 1.165) is 11.3 Å². The van der Waals surface area contributed by atoms with E-state index in [-0.39, 0.29) is 5.91 Å². The van der Waals surface area contributed by atoms with E-state index in [2.05, 4.69) is 21.0 Å². The Labute approximate surface area is 99.2 Å². The van der Waals surface area contributed by atoms with Crippen LogP contribution in [0.2, 0.25) is 0 Å². The highest BCUT2D eigenvalue weighted by Crippen LogP contribution is 1.98. The first-order valence-electron chi connectivity index (χ1n) is 5.35. The third kappa shape index (κ3) is 3.15. The summed E-state index contributed by atoms with van der Waals surface area (Å²) in [7, 11) is 0. The molecular weight excluding hydrogens is 216 g/mol. The van der Waals surface area contributed by atoms with Gasteiger partial charge >= 0.3 is 0 Å². The molecule has 5 heteroatoms. The lowest BCUT2D eigenvalue weighted by Crippen LogP contribution is -2.37. The van der Waals surface area contributed by atoms with Gasteiger partial charge in [-0.15, -0.1) is 0 Å². The number of aromatic amines is 1. The molecule has 1 aromatic heterocycles. The van der Waals surface area contributed by atoms with Gasteiger partial charge in [-0.25, -0.2) is 5.43 Å². The second-order valence-corrected chi connectivity index (χ2v) is 3.73. The SMILES string of the molecule is Cc1cc(C(=O)NNCc2ccccc2)n[nH]1. The largest absolute Gasteiger partial charge is 0.286 e. The zero-order chi connectivity index (χ0) is 12.1. The summed E-state index contributed by atoms with van der Waals surface area (Å²) < 4.78 is 0. The molecule has 0 aliphatic heterocycles. The van der Waals surface area contributed by atoms with Gasteiger partial charge in [0, 0.05) is 12.2 Å². The molecule has 5 nitrogen and oxygen atoms in total. The van der Waals surface area contributed by atoms with E-state index in [1.165, 1.54) is 0 Å². The highest BCUT2D eigenvalue weighted by molar-refractivity contribution is 5.91. The Morgan fingerprint density at radius 3 is 2.76 bits per heavy atom. The Hall–Kier alpha value is -2.14. The number of amides is 1. The van der Waals surface area contributed by atoms with Crippen molar-refractivity contribution in [2.75, 3.05) is 0 Å². The van der Waals surface area contributed by atoms with Crippen molar-refractivity contribution in [2.24, 2.45) is 0 Å². The van der Waals surface area contributed by atoms with Crippen molar-refractivity contribution in [1.82, 2.24) is 21.0 Å². The molecule has 0 aliphatic carbocycles. The number of hydrazine groups is 1. The summed E-state index contributed by atoms with van der Waals surface area (Å²) in [6.07, 6.45) is 0. The van der Waals surface area contributed by atoms with E-state index in [1.807, 2.05) is 37.3 Å². The molecule has 0 saturated heterocycles. The monoisotopic (exact) mass is 230 g/mol. The van der Waals surface area contributed by atoms with Crippen molar-refractivity contribution in [2.45, 2.75) is 13.5 Å². The van der Waals surface area contributed by atoms with Crippen LogP contribution in [0.15, 0.2) is 36.4 Å². The Morgan fingerprint density at radius 2 is 2.12 bits per heavy atom. The average Bonchev–Trinajstić information content (AvgIpc) is 2.77. The zero-order valence-electron chi connectivity index (χ0n) is 9.53. The highest BCUT2D eigenvalue weighted by Gasteiger charge is 2.07. The van der Waals surface area contributed by atoms with Crippen molar-refractivity contribution in [3.8, 4) is 0 Å².